The van der Waals surface area contributed by atoms with Crippen LogP contribution in [-0.4, -0.2) is 19.2 Å². The number of hydrogen-bond acceptors (Lipinski definition) is 1. The molecule has 0 aromatic heterocycles. The molecule has 0 bridgehead atoms. The van der Waals surface area contributed by atoms with Gasteiger partial charge in [-0.1, -0.05) is 5.57 Å². The quantitative estimate of drug-likeness (QED) is 0.470. The Morgan fingerprint density at radius 3 is 2.17 bits per heavy atom. The van der Waals surface area contributed by atoms with Gasteiger partial charge in [-0.25, -0.2) is 9.98 Å². The molecule has 0 aliphatic heterocycles. The molecule has 0 aromatic rings. The molecular formula is C9H17N3. The first-order valence-electron chi connectivity index (χ1n) is 4.01. The van der Waals surface area contributed by atoms with Crippen LogP contribution in [0.15, 0.2) is 21.3 Å². The molecule has 3 heteroatoms. The van der Waals surface area contributed by atoms with Crippen molar-refractivity contribution in [3.63, 3.8) is 0 Å². The molecule has 3 nitrogen and oxygen atoms in total. The zero-order valence-electron chi connectivity index (χ0n) is 8.47. The van der Waals surface area contributed by atoms with Gasteiger partial charge in [0.25, 0.3) is 0 Å². The maximum Gasteiger partial charge on any atom is 0.222 e. The minimum Gasteiger partial charge on any atom is -0.357 e. The van der Waals surface area contributed by atoms with E-state index < -0.39 is 0 Å². The summed E-state index contributed by atoms with van der Waals surface area (Å²) in [6.45, 7) is 7.89. The molecular weight excluding hydrogens is 150 g/mol. The van der Waals surface area contributed by atoms with Crippen molar-refractivity contribution < 1.29 is 0 Å². The number of rotatable bonds is 1. The summed E-state index contributed by atoms with van der Waals surface area (Å²) in [6.07, 6.45) is 1.72. The second-order valence-electron chi connectivity index (χ2n) is 2.66. The smallest absolute Gasteiger partial charge is 0.222 e. The average Bonchev–Trinajstić information content (AvgIpc) is 2.03. The molecule has 0 radical (unpaired) electrons. The summed E-state index contributed by atoms with van der Waals surface area (Å²) >= 11 is 0. The van der Waals surface area contributed by atoms with Gasteiger partial charge in [0.15, 0.2) is 0 Å². The van der Waals surface area contributed by atoms with Gasteiger partial charge in [0.1, 0.15) is 0 Å². The van der Waals surface area contributed by atoms with Crippen LogP contribution in [0.3, 0.4) is 0 Å². The van der Waals surface area contributed by atoms with E-state index in [9.17, 15) is 0 Å². The third kappa shape index (κ3) is 3.91. The van der Waals surface area contributed by atoms with Crippen molar-refractivity contribution in [2.24, 2.45) is 9.98 Å². The van der Waals surface area contributed by atoms with Crippen molar-refractivity contribution in [3.05, 3.63) is 11.3 Å². The summed E-state index contributed by atoms with van der Waals surface area (Å²) in [7, 11) is 1.81. The van der Waals surface area contributed by atoms with Crippen molar-refractivity contribution in [2.45, 2.75) is 27.7 Å². The van der Waals surface area contributed by atoms with Gasteiger partial charge >= 0.3 is 0 Å². The Labute approximate surface area is 74.3 Å². The normalized spacial score (nSPS) is 11.9. The molecule has 0 atom stereocenters. The lowest BCUT2D eigenvalue weighted by Crippen LogP contribution is -2.15. The minimum absolute atomic E-state index is 0.649. The number of aliphatic imine (C=N–C) groups is 2. The highest BCUT2D eigenvalue weighted by Crippen LogP contribution is 2.02. The third-order valence-corrected chi connectivity index (χ3v) is 1.47. The van der Waals surface area contributed by atoms with Crippen LogP contribution in [0.5, 0.6) is 0 Å². The molecule has 0 fully saturated rings. The molecule has 0 saturated carbocycles. The van der Waals surface area contributed by atoms with Gasteiger partial charge in [0.05, 0.1) is 0 Å². The summed E-state index contributed by atoms with van der Waals surface area (Å²) in [5.41, 5.74) is 2.21. The predicted octanol–water partition coefficient (Wildman–Crippen LogP) is 1.97. The summed E-state index contributed by atoms with van der Waals surface area (Å²) < 4.78 is 0. The largest absolute Gasteiger partial charge is 0.357 e. The summed E-state index contributed by atoms with van der Waals surface area (Å²) in [4.78, 5) is 8.32. The van der Waals surface area contributed by atoms with Crippen molar-refractivity contribution in [3.8, 4) is 0 Å². The van der Waals surface area contributed by atoms with Crippen molar-refractivity contribution in [2.75, 3.05) is 7.05 Å². The van der Waals surface area contributed by atoms with Crippen LogP contribution in [0.4, 0.5) is 0 Å². The Kier molecular flexibility index (Phi) is 5.00. The van der Waals surface area contributed by atoms with Crippen LogP contribution >= 0.6 is 0 Å². The highest BCUT2D eigenvalue weighted by atomic mass is 15.1. The zero-order valence-corrected chi connectivity index (χ0v) is 8.47. The monoisotopic (exact) mass is 167 g/mol. The molecule has 0 heterocycles. The molecule has 0 aromatic carbocycles. The SMILES string of the molecule is C/C=N\C(=N/C(C)=C(C)C)NC. The molecule has 0 aliphatic carbocycles. The van der Waals surface area contributed by atoms with E-state index in [1.54, 1.807) is 6.21 Å². The van der Waals surface area contributed by atoms with Gasteiger partial charge in [-0.15, -0.1) is 0 Å². The van der Waals surface area contributed by atoms with Gasteiger partial charge in [-0.3, -0.25) is 0 Å². The molecule has 0 spiro atoms. The van der Waals surface area contributed by atoms with E-state index in [1.165, 1.54) is 5.57 Å². The molecule has 0 amide bonds. The maximum absolute atomic E-state index is 4.27. The first kappa shape index (κ1) is 10.9. The van der Waals surface area contributed by atoms with Gasteiger partial charge < -0.3 is 5.32 Å². The maximum atomic E-state index is 4.27. The fourth-order valence-corrected chi connectivity index (χ4v) is 0.542. The standard InChI is InChI=1S/C9H17N3/c1-6-11-9(10-5)12-8(4)7(2)3/h6H,1-5H3,(H,10,12)/b11-6-. The summed E-state index contributed by atoms with van der Waals surface area (Å²) in [5.74, 6) is 0.649. The van der Waals surface area contributed by atoms with E-state index in [-0.39, 0.29) is 0 Å². The van der Waals surface area contributed by atoms with Crippen LogP contribution < -0.4 is 5.32 Å². The number of nitrogens with one attached hydrogen (secondary N) is 1. The number of hydrogen-bond donors (Lipinski definition) is 1. The molecule has 68 valence electrons. The zero-order chi connectivity index (χ0) is 9.56. The van der Waals surface area contributed by atoms with E-state index >= 15 is 0 Å². The first-order valence-corrected chi connectivity index (χ1v) is 4.01. The van der Waals surface area contributed by atoms with Gasteiger partial charge in [0.2, 0.25) is 5.96 Å². The van der Waals surface area contributed by atoms with Crippen molar-refractivity contribution in [1.29, 1.82) is 0 Å². The Hall–Kier alpha value is -1.12. The number of nitrogens with zero attached hydrogens (tertiary/aromatic N) is 2. The Bertz CT molecular complexity index is 220. The number of allylic oxidation sites excluding steroid dienone is 2. The summed E-state index contributed by atoms with van der Waals surface area (Å²) in [5, 5.41) is 2.91. The first-order chi connectivity index (χ1) is 5.61. The number of guanidine groups is 1. The Balaban J connectivity index is 4.60. The topological polar surface area (TPSA) is 36.8 Å². The van der Waals surface area contributed by atoms with E-state index in [1.807, 2.05) is 34.7 Å². The Morgan fingerprint density at radius 2 is 1.83 bits per heavy atom. The lowest BCUT2D eigenvalue weighted by atomic mass is 10.3. The van der Waals surface area contributed by atoms with Crippen LogP contribution in [0.25, 0.3) is 0 Å². The van der Waals surface area contributed by atoms with Crippen LogP contribution in [-0.2, 0) is 0 Å². The third-order valence-electron chi connectivity index (χ3n) is 1.47. The van der Waals surface area contributed by atoms with Crippen molar-refractivity contribution in [1.82, 2.24) is 5.32 Å². The molecule has 0 unspecified atom stereocenters. The van der Waals surface area contributed by atoms with Gasteiger partial charge in [-0.2, -0.15) is 0 Å². The average molecular weight is 167 g/mol. The van der Waals surface area contributed by atoms with Gasteiger partial charge in [-0.05, 0) is 27.7 Å². The van der Waals surface area contributed by atoms with E-state index in [2.05, 4.69) is 15.3 Å². The molecule has 0 rings (SSSR count). The second kappa shape index (κ2) is 5.52. The highest BCUT2D eigenvalue weighted by molar-refractivity contribution is 5.87. The lowest BCUT2D eigenvalue weighted by molar-refractivity contribution is 1.09. The van der Waals surface area contributed by atoms with Gasteiger partial charge in [0, 0.05) is 19.0 Å². The fraction of sp³-hybridized carbons (Fsp3) is 0.556. The second-order valence-corrected chi connectivity index (χ2v) is 2.66. The van der Waals surface area contributed by atoms with Crippen molar-refractivity contribution >= 4 is 12.2 Å². The van der Waals surface area contributed by atoms with E-state index in [4.69, 9.17) is 0 Å². The van der Waals surface area contributed by atoms with Crippen LogP contribution in [0.1, 0.15) is 27.7 Å². The predicted molar refractivity (Wildman–Crippen MR) is 54.7 cm³/mol. The van der Waals surface area contributed by atoms with E-state index in [0.717, 1.165) is 5.70 Å². The lowest BCUT2D eigenvalue weighted by Gasteiger charge is -2.00. The minimum atomic E-state index is 0.649. The highest BCUT2D eigenvalue weighted by Gasteiger charge is 1.92. The summed E-state index contributed by atoms with van der Waals surface area (Å²) in [6, 6.07) is 0. The molecule has 0 saturated heterocycles. The fourth-order valence-electron chi connectivity index (χ4n) is 0.542. The van der Waals surface area contributed by atoms with E-state index in [0.29, 0.717) is 5.96 Å². The molecule has 1 N–H and O–H groups in total. The van der Waals surface area contributed by atoms with Crippen LogP contribution in [0.2, 0.25) is 0 Å². The Morgan fingerprint density at radius 1 is 1.25 bits per heavy atom. The molecule has 0 aliphatic rings. The van der Waals surface area contributed by atoms with Crippen LogP contribution in [0, 0.1) is 0 Å². The molecule has 12 heavy (non-hydrogen) atoms.